The van der Waals surface area contributed by atoms with Crippen LogP contribution in [-0.4, -0.2) is 25.8 Å². The highest BCUT2D eigenvalue weighted by atomic mass is 19.1. The summed E-state index contributed by atoms with van der Waals surface area (Å²) in [6, 6.07) is 6.69. The largest absolute Gasteiger partial charge is 0.377 e. The van der Waals surface area contributed by atoms with Crippen molar-refractivity contribution in [1.82, 2.24) is 5.32 Å². The molecule has 2 nitrogen and oxygen atoms in total. The monoisotopic (exact) mass is 223 g/mol. The van der Waals surface area contributed by atoms with Crippen molar-refractivity contribution >= 4 is 0 Å². The molecule has 3 heteroatoms. The fourth-order valence-corrected chi connectivity index (χ4v) is 2.31. The number of hydrogen-bond donors (Lipinski definition) is 1. The van der Waals surface area contributed by atoms with Gasteiger partial charge in [-0.3, -0.25) is 0 Å². The van der Waals surface area contributed by atoms with Crippen molar-refractivity contribution in [2.75, 3.05) is 20.2 Å². The van der Waals surface area contributed by atoms with Gasteiger partial charge in [0.2, 0.25) is 0 Å². The summed E-state index contributed by atoms with van der Waals surface area (Å²) >= 11 is 0. The smallest absolute Gasteiger partial charge is 0.123 e. The molecular weight excluding hydrogens is 205 g/mol. The molecule has 0 amide bonds. The minimum Gasteiger partial charge on any atom is -0.377 e. The third kappa shape index (κ3) is 2.60. The summed E-state index contributed by atoms with van der Waals surface area (Å²) in [5, 5.41) is 3.36. The number of piperidine rings is 1. The van der Waals surface area contributed by atoms with Crippen LogP contribution in [-0.2, 0) is 11.2 Å². The van der Waals surface area contributed by atoms with Gasteiger partial charge in [-0.1, -0.05) is 12.1 Å². The number of halogens is 1. The van der Waals surface area contributed by atoms with Crippen LogP contribution in [0.5, 0.6) is 0 Å². The molecule has 0 spiro atoms. The highest BCUT2D eigenvalue weighted by molar-refractivity contribution is 5.18. The number of methoxy groups -OCH3 is 1. The third-order valence-corrected chi connectivity index (χ3v) is 3.31. The topological polar surface area (TPSA) is 21.3 Å². The first-order valence-corrected chi connectivity index (χ1v) is 5.74. The fraction of sp³-hybridized carbons (Fsp3) is 0.538. The number of hydrogen-bond acceptors (Lipinski definition) is 2. The molecule has 0 aromatic heterocycles. The highest BCUT2D eigenvalue weighted by Gasteiger charge is 2.31. The van der Waals surface area contributed by atoms with E-state index in [9.17, 15) is 4.39 Å². The first kappa shape index (κ1) is 11.6. The van der Waals surface area contributed by atoms with Gasteiger partial charge in [0.15, 0.2) is 0 Å². The van der Waals surface area contributed by atoms with E-state index in [0.29, 0.717) is 0 Å². The number of rotatable bonds is 3. The van der Waals surface area contributed by atoms with Crippen LogP contribution in [0.4, 0.5) is 4.39 Å². The molecule has 0 aliphatic carbocycles. The molecule has 1 aliphatic heterocycles. The molecule has 0 bridgehead atoms. The van der Waals surface area contributed by atoms with Gasteiger partial charge in [-0.05, 0) is 37.1 Å². The molecule has 1 saturated heterocycles. The minimum atomic E-state index is -0.183. The molecule has 1 N–H and O–H groups in total. The lowest BCUT2D eigenvalue weighted by Crippen LogP contribution is -2.48. The molecule has 1 atom stereocenters. The second-order valence-corrected chi connectivity index (χ2v) is 4.47. The van der Waals surface area contributed by atoms with E-state index < -0.39 is 0 Å². The Hall–Kier alpha value is -0.930. The van der Waals surface area contributed by atoms with Crippen molar-refractivity contribution in [2.24, 2.45) is 0 Å². The Morgan fingerprint density at radius 2 is 2.12 bits per heavy atom. The molecule has 0 radical (unpaired) electrons. The lowest BCUT2D eigenvalue weighted by molar-refractivity contribution is -0.0278. The van der Waals surface area contributed by atoms with Crippen LogP contribution >= 0.6 is 0 Å². The molecule has 1 unspecified atom stereocenters. The number of nitrogens with one attached hydrogen (secondary N) is 1. The summed E-state index contributed by atoms with van der Waals surface area (Å²) in [6.45, 7) is 1.94. The van der Waals surface area contributed by atoms with E-state index in [2.05, 4.69) is 5.32 Å². The van der Waals surface area contributed by atoms with Gasteiger partial charge in [0, 0.05) is 20.1 Å². The Morgan fingerprint density at radius 1 is 1.38 bits per heavy atom. The van der Waals surface area contributed by atoms with Crippen LogP contribution in [0.1, 0.15) is 18.4 Å². The average Bonchev–Trinajstić information content (AvgIpc) is 2.33. The summed E-state index contributed by atoms with van der Waals surface area (Å²) in [6.07, 6.45) is 3.04. The first-order chi connectivity index (χ1) is 7.74. The van der Waals surface area contributed by atoms with Crippen LogP contribution in [0, 0.1) is 5.82 Å². The molecule has 1 heterocycles. The van der Waals surface area contributed by atoms with Crippen LogP contribution in [0.3, 0.4) is 0 Å². The number of benzene rings is 1. The molecule has 1 aromatic carbocycles. The van der Waals surface area contributed by atoms with Crippen molar-refractivity contribution < 1.29 is 9.13 Å². The predicted molar refractivity (Wildman–Crippen MR) is 61.9 cm³/mol. The first-order valence-electron chi connectivity index (χ1n) is 5.74. The molecular formula is C13H18FNO. The van der Waals surface area contributed by atoms with Crippen LogP contribution < -0.4 is 5.32 Å². The molecule has 0 saturated carbocycles. The Bertz CT molecular complexity index is 330. The van der Waals surface area contributed by atoms with Crippen molar-refractivity contribution in [3.8, 4) is 0 Å². The van der Waals surface area contributed by atoms with E-state index in [1.165, 1.54) is 12.1 Å². The third-order valence-electron chi connectivity index (χ3n) is 3.31. The van der Waals surface area contributed by atoms with Gasteiger partial charge in [0.25, 0.3) is 0 Å². The molecule has 1 aromatic rings. The predicted octanol–water partition coefficient (Wildman–Crippen LogP) is 2.14. The molecule has 16 heavy (non-hydrogen) atoms. The van der Waals surface area contributed by atoms with Gasteiger partial charge in [0.1, 0.15) is 5.82 Å². The molecule has 1 aliphatic rings. The summed E-state index contributed by atoms with van der Waals surface area (Å²) < 4.78 is 18.5. The second-order valence-electron chi connectivity index (χ2n) is 4.47. The lowest BCUT2D eigenvalue weighted by Gasteiger charge is -2.36. The van der Waals surface area contributed by atoms with Gasteiger partial charge in [-0.25, -0.2) is 4.39 Å². The second kappa shape index (κ2) is 4.93. The molecule has 88 valence electrons. The lowest BCUT2D eigenvalue weighted by atomic mass is 9.87. The van der Waals surface area contributed by atoms with Gasteiger partial charge in [-0.2, -0.15) is 0 Å². The van der Waals surface area contributed by atoms with Crippen molar-refractivity contribution in [3.05, 3.63) is 35.6 Å². The van der Waals surface area contributed by atoms with Crippen LogP contribution in [0.2, 0.25) is 0 Å². The Balaban J connectivity index is 2.08. The number of ether oxygens (including phenoxy) is 1. The van der Waals surface area contributed by atoms with Crippen molar-refractivity contribution in [1.29, 1.82) is 0 Å². The van der Waals surface area contributed by atoms with Gasteiger partial charge < -0.3 is 10.1 Å². The van der Waals surface area contributed by atoms with E-state index in [-0.39, 0.29) is 11.4 Å². The van der Waals surface area contributed by atoms with Crippen LogP contribution in [0.15, 0.2) is 24.3 Å². The summed E-state index contributed by atoms with van der Waals surface area (Å²) in [4.78, 5) is 0. The standard InChI is InChI=1S/C13H18FNO/c1-16-13(7-2-8-15-10-13)9-11-3-5-12(14)6-4-11/h3-6,15H,2,7-10H2,1H3. The quantitative estimate of drug-likeness (QED) is 0.847. The molecule has 1 fully saturated rings. The van der Waals surface area contributed by atoms with Gasteiger partial charge >= 0.3 is 0 Å². The summed E-state index contributed by atoms with van der Waals surface area (Å²) in [5.41, 5.74) is 1.02. The zero-order chi connectivity index (χ0) is 11.4. The van der Waals surface area contributed by atoms with E-state index in [0.717, 1.165) is 37.9 Å². The van der Waals surface area contributed by atoms with E-state index in [1.54, 1.807) is 7.11 Å². The van der Waals surface area contributed by atoms with Crippen molar-refractivity contribution in [3.63, 3.8) is 0 Å². The minimum absolute atomic E-state index is 0.115. The zero-order valence-electron chi connectivity index (χ0n) is 9.63. The Morgan fingerprint density at radius 3 is 2.69 bits per heavy atom. The van der Waals surface area contributed by atoms with Crippen LogP contribution in [0.25, 0.3) is 0 Å². The maximum Gasteiger partial charge on any atom is 0.123 e. The average molecular weight is 223 g/mol. The Labute approximate surface area is 95.8 Å². The maximum atomic E-state index is 12.8. The highest BCUT2D eigenvalue weighted by Crippen LogP contribution is 2.25. The SMILES string of the molecule is COC1(Cc2ccc(F)cc2)CCCNC1. The zero-order valence-corrected chi connectivity index (χ0v) is 9.63. The van der Waals surface area contributed by atoms with Crippen molar-refractivity contribution in [2.45, 2.75) is 24.9 Å². The van der Waals surface area contributed by atoms with Gasteiger partial charge in [0.05, 0.1) is 5.60 Å². The van der Waals surface area contributed by atoms with E-state index in [1.807, 2.05) is 12.1 Å². The summed E-state index contributed by atoms with van der Waals surface area (Å²) in [7, 11) is 1.76. The Kier molecular flexibility index (Phi) is 3.56. The van der Waals surface area contributed by atoms with Gasteiger partial charge in [-0.15, -0.1) is 0 Å². The maximum absolute atomic E-state index is 12.8. The van der Waals surface area contributed by atoms with E-state index >= 15 is 0 Å². The fourth-order valence-electron chi connectivity index (χ4n) is 2.31. The normalized spacial score (nSPS) is 25.6. The summed E-state index contributed by atoms with van der Waals surface area (Å²) in [5.74, 6) is -0.183. The van der Waals surface area contributed by atoms with E-state index in [4.69, 9.17) is 4.74 Å². The molecule has 2 rings (SSSR count).